The van der Waals surface area contributed by atoms with Gasteiger partial charge < -0.3 is 28.4 Å². The lowest BCUT2D eigenvalue weighted by Gasteiger charge is -2.13. The van der Waals surface area contributed by atoms with E-state index in [4.69, 9.17) is 28.4 Å². The van der Waals surface area contributed by atoms with Crippen LogP contribution in [0.5, 0.6) is 28.9 Å². The van der Waals surface area contributed by atoms with Crippen LogP contribution in [0.1, 0.15) is 25.0 Å². The number of aliphatic imine (C=N–C) groups is 1. The lowest BCUT2D eigenvalue weighted by Crippen LogP contribution is -2.07. The lowest BCUT2D eigenvalue weighted by atomic mass is 10.1. The molecule has 0 N–H and O–H groups in total. The molecular weight excluding hydrogens is 452 g/mol. The standard InChI is InChI=1S/C26H26N2O7/c1-14(2)34-18-8-7-15-9-16(24(33-6)27-19(15)13-18)10-20-26(29)35-25(28-20)17-11-21(30-3)23(32-5)22(12-17)31-4/h7-14H,1-6H3. The van der Waals surface area contributed by atoms with Gasteiger partial charge in [0.15, 0.2) is 17.2 Å². The molecule has 1 aromatic heterocycles. The second-order valence-electron chi connectivity index (χ2n) is 7.86. The fraction of sp³-hybridized carbons (Fsp3) is 0.269. The smallest absolute Gasteiger partial charge is 0.363 e. The van der Waals surface area contributed by atoms with Crippen LogP contribution in [0.2, 0.25) is 0 Å². The van der Waals surface area contributed by atoms with Crippen LogP contribution in [-0.4, -0.2) is 51.4 Å². The molecule has 0 radical (unpaired) electrons. The zero-order chi connectivity index (χ0) is 25.1. The van der Waals surface area contributed by atoms with Crippen molar-refractivity contribution in [2.24, 2.45) is 4.99 Å². The number of esters is 1. The largest absolute Gasteiger partial charge is 0.493 e. The number of ether oxygens (including phenoxy) is 6. The fourth-order valence-electron chi connectivity index (χ4n) is 3.64. The molecule has 1 aliphatic heterocycles. The number of carbonyl (C=O) groups is 1. The van der Waals surface area contributed by atoms with E-state index in [1.165, 1.54) is 28.4 Å². The Hall–Kier alpha value is -4.27. The molecule has 0 amide bonds. The third-order valence-corrected chi connectivity index (χ3v) is 5.17. The molecule has 0 aliphatic carbocycles. The van der Waals surface area contributed by atoms with Crippen molar-refractivity contribution >= 4 is 28.8 Å². The second kappa shape index (κ2) is 9.92. The maximum Gasteiger partial charge on any atom is 0.363 e. The molecule has 0 atom stereocenters. The Balaban J connectivity index is 1.74. The van der Waals surface area contributed by atoms with Crippen molar-refractivity contribution in [2.45, 2.75) is 20.0 Å². The number of methoxy groups -OCH3 is 4. The van der Waals surface area contributed by atoms with Gasteiger partial charge >= 0.3 is 5.97 Å². The number of cyclic esters (lactones) is 1. The number of fused-ring (bicyclic) bond motifs is 1. The molecule has 2 aromatic carbocycles. The molecule has 0 bridgehead atoms. The molecule has 0 unspecified atom stereocenters. The number of nitrogens with zero attached hydrogens (tertiary/aromatic N) is 2. The fourth-order valence-corrected chi connectivity index (χ4v) is 3.64. The van der Waals surface area contributed by atoms with Crippen LogP contribution in [-0.2, 0) is 9.53 Å². The molecule has 1 aliphatic rings. The Labute approximate surface area is 202 Å². The van der Waals surface area contributed by atoms with E-state index in [1.807, 2.05) is 38.1 Å². The Morgan fingerprint density at radius 1 is 0.914 bits per heavy atom. The second-order valence-corrected chi connectivity index (χ2v) is 7.86. The average Bonchev–Trinajstić information content (AvgIpc) is 3.22. The van der Waals surface area contributed by atoms with Gasteiger partial charge in [0.1, 0.15) is 5.75 Å². The third kappa shape index (κ3) is 4.84. The highest BCUT2D eigenvalue weighted by Crippen LogP contribution is 2.39. The first-order valence-corrected chi connectivity index (χ1v) is 10.8. The quantitative estimate of drug-likeness (QED) is 0.347. The zero-order valence-corrected chi connectivity index (χ0v) is 20.4. The summed E-state index contributed by atoms with van der Waals surface area (Å²) < 4.78 is 32.8. The average molecular weight is 479 g/mol. The van der Waals surface area contributed by atoms with Gasteiger partial charge in [0.2, 0.25) is 17.5 Å². The van der Waals surface area contributed by atoms with E-state index in [-0.39, 0.29) is 17.7 Å². The van der Waals surface area contributed by atoms with Gasteiger partial charge in [0.25, 0.3) is 0 Å². The van der Waals surface area contributed by atoms with Gasteiger partial charge in [-0.15, -0.1) is 0 Å². The number of carbonyl (C=O) groups excluding carboxylic acids is 1. The molecule has 9 heteroatoms. The zero-order valence-electron chi connectivity index (χ0n) is 20.4. The summed E-state index contributed by atoms with van der Waals surface area (Å²) in [7, 11) is 6.04. The SMILES string of the molecule is COc1cc(C2=NC(=Cc3cc4ccc(OC(C)C)cc4nc3OC)C(=O)O2)cc(OC)c1OC. The van der Waals surface area contributed by atoms with E-state index >= 15 is 0 Å². The lowest BCUT2D eigenvalue weighted by molar-refractivity contribution is -0.129. The van der Waals surface area contributed by atoms with Crippen LogP contribution in [0.25, 0.3) is 17.0 Å². The Morgan fingerprint density at radius 2 is 1.63 bits per heavy atom. The monoisotopic (exact) mass is 478 g/mol. The number of pyridine rings is 1. The number of aromatic nitrogens is 1. The molecule has 0 saturated carbocycles. The summed E-state index contributed by atoms with van der Waals surface area (Å²) in [6.45, 7) is 3.92. The predicted octanol–water partition coefficient (Wildman–Crippen LogP) is 4.40. The molecule has 0 fully saturated rings. The minimum Gasteiger partial charge on any atom is -0.493 e. The number of rotatable bonds is 8. The van der Waals surface area contributed by atoms with Gasteiger partial charge in [0.05, 0.1) is 40.1 Å². The van der Waals surface area contributed by atoms with Crippen LogP contribution in [0.15, 0.2) is 47.1 Å². The molecule has 35 heavy (non-hydrogen) atoms. The first-order valence-electron chi connectivity index (χ1n) is 10.8. The van der Waals surface area contributed by atoms with Gasteiger partial charge in [-0.2, -0.15) is 0 Å². The maximum atomic E-state index is 12.6. The summed E-state index contributed by atoms with van der Waals surface area (Å²) >= 11 is 0. The van der Waals surface area contributed by atoms with Crippen LogP contribution in [0.4, 0.5) is 0 Å². The number of hydrogen-bond acceptors (Lipinski definition) is 9. The van der Waals surface area contributed by atoms with E-state index in [1.54, 1.807) is 18.2 Å². The van der Waals surface area contributed by atoms with Crippen molar-refractivity contribution in [2.75, 3.05) is 28.4 Å². The molecule has 9 nitrogen and oxygen atoms in total. The third-order valence-electron chi connectivity index (χ3n) is 5.17. The molecule has 4 rings (SSSR count). The van der Waals surface area contributed by atoms with Gasteiger partial charge in [-0.05, 0) is 50.3 Å². The molecule has 182 valence electrons. The summed E-state index contributed by atoms with van der Waals surface area (Å²) in [4.78, 5) is 21.6. The molecule has 3 aromatic rings. The van der Waals surface area contributed by atoms with Gasteiger partial charge in [-0.3, -0.25) is 0 Å². The first kappa shape index (κ1) is 23.9. The first-order chi connectivity index (χ1) is 16.9. The summed E-state index contributed by atoms with van der Waals surface area (Å²) in [5.41, 5.74) is 1.89. The highest BCUT2D eigenvalue weighted by Gasteiger charge is 2.27. The van der Waals surface area contributed by atoms with Crippen molar-refractivity contribution in [3.63, 3.8) is 0 Å². The van der Waals surface area contributed by atoms with Crippen molar-refractivity contribution < 1.29 is 33.2 Å². The molecular formula is C26H26N2O7. The predicted molar refractivity (Wildman–Crippen MR) is 131 cm³/mol. The van der Waals surface area contributed by atoms with Crippen molar-refractivity contribution in [1.29, 1.82) is 0 Å². The maximum absolute atomic E-state index is 12.6. The summed E-state index contributed by atoms with van der Waals surface area (Å²) in [5, 5.41) is 0.856. The van der Waals surface area contributed by atoms with E-state index in [0.717, 1.165) is 5.39 Å². The van der Waals surface area contributed by atoms with E-state index in [9.17, 15) is 4.79 Å². The van der Waals surface area contributed by atoms with E-state index in [2.05, 4.69) is 9.98 Å². The van der Waals surface area contributed by atoms with Crippen LogP contribution in [0.3, 0.4) is 0 Å². The number of hydrogen-bond donors (Lipinski definition) is 0. The summed E-state index contributed by atoms with van der Waals surface area (Å²) in [5.74, 6) is 1.83. The number of benzene rings is 2. The van der Waals surface area contributed by atoms with E-state index in [0.29, 0.717) is 45.5 Å². The van der Waals surface area contributed by atoms with Crippen molar-refractivity contribution in [3.05, 3.63) is 53.2 Å². The van der Waals surface area contributed by atoms with Crippen LogP contribution >= 0.6 is 0 Å². The van der Waals surface area contributed by atoms with Gasteiger partial charge in [0, 0.05) is 22.6 Å². The Kier molecular flexibility index (Phi) is 6.77. The molecule has 0 spiro atoms. The topological polar surface area (TPSA) is 97.7 Å². The van der Waals surface area contributed by atoms with Gasteiger partial charge in [-0.1, -0.05) is 0 Å². The Morgan fingerprint density at radius 3 is 2.23 bits per heavy atom. The Bertz CT molecular complexity index is 1320. The van der Waals surface area contributed by atoms with E-state index < -0.39 is 5.97 Å². The minimum atomic E-state index is -0.600. The molecule has 0 saturated heterocycles. The van der Waals surface area contributed by atoms with Crippen molar-refractivity contribution in [1.82, 2.24) is 4.98 Å². The highest BCUT2D eigenvalue weighted by molar-refractivity contribution is 6.13. The minimum absolute atomic E-state index is 0.0458. The highest BCUT2D eigenvalue weighted by atomic mass is 16.6. The summed E-state index contributed by atoms with van der Waals surface area (Å²) in [6, 6.07) is 10.8. The van der Waals surface area contributed by atoms with Crippen LogP contribution in [0, 0.1) is 0 Å². The molecule has 2 heterocycles. The van der Waals surface area contributed by atoms with Crippen LogP contribution < -0.4 is 23.7 Å². The van der Waals surface area contributed by atoms with Crippen molar-refractivity contribution in [3.8, 4) is 28.9 Å². The summed E-state index contributed by atoms with van der Waals surface area (Å²) in [6.07, 6.45) is 1.63. The normalized spacial score (nSPS) is 14.2. The van der Waals surface area contributed by atoms with Gasteiger partial charge in [-0.25, -0.2) is 14.8 Å².